The molecule has 1 atom stereocenters. The lowest BCUT2D eigenvalue weighted by Gasteiger charge is -2.12. The van der Waals surface area contributed by atoms with Gasteiger partial charge in [-0.3, -0.25) is 0 Å². The third-order valence-corrected chi connectivity index (χ3v) is 2.69. The summed E-state index contributed by atoms with van der Waals surface area (Å²) in [6.45, 7) is 4.93. The van der Waals surface area contributed by atoms with Crippen LogP contribution in [0, 0.1) is 0 Å². The Morgan fingerprint density at radius 3 is 2.50 bits per heavy atom. The van der Waals surface area contributed by atoms with E-state index in [1.165, 1.54) is 0 Å². The number of thiophene rings is 1. The third-order valence-electron chi connectivity index (χ3n) is 1.72. The minimum atomic E-state index is -0.285. The number of nitrogens with zero attached hydrogens (tertiary/aromatic N) is 1. The SMILES string of the molecule is CC.CN(C)CCC(O)c1cccs1. The number of hydrogen-bond acceptors (Lipinski definition) is 3. The number of rotatable bonds is 4. The van der Waals surface area contributed by atoms with E-state index < -0.39 is 0 Å². The van der Waals surface area contributed by atoms with E-state index in [2.05, 4.69) is 4.90 Å². The molecule has 0 aromatic carbocycles. The van der Waals surface area contributed by atoms with Gasteiger partial charge >= 0.3 is 0 Å². The number of aliphatic hydroxyl groups is 1. The van der Waals surface area contributed by atoms with Crippen molar-refractivity contribution in [2.75, 3.05) is 20.6 Å². The average molecular weight is 215 g/mol. The van der Waals surface area contributed by atoms with Crippen LogP contribution in [0.2, 0.25) is 0 Å². The maximum Gasteiger partial charge on any atom is 0.0894 e. The fraction of sp³-hybridized carbons (Fsp3) is 0.636. The van der Waals surface area contributed by atoms with Crippen molar-refractivity contribution in [3.63, 3.8) is 0 Å². The van der Waals surface area contributed by atoms with Crippen LogP contribution in [-0.2, 0) is 0 Å². The van der Waals surface area contributed by atoms with Gasteiger partial charge in [-0.15, -0.1) is 11.3 Å². The molecular formula is C11H21NOS. The first-order chi connectivity index (χ1) is 6.70. The van der Waals surface area contributed by atoms with Gasteiger partial charge in [0.2, 0.25) is 0 Å². The van der Waals surface area contributed by atoms with E-state index in [1.54, 1.807) is 11.3 Å². The summed E-state index contributed by atoms with van der Waals surface area (Å²) in [5.41, 5.74) is 0. The molecule has 0 aliphatic carbocycles. The highest BCUT2D eigenvalue weighted by molar-refractivity contribution is 7.10. The first kappa shape index (κ1) is 13.6. The van der Waals surface area contributed by atoms with E-state index in [1.807, 2.05) is 45.5 Å². The molecule has 0 amide bonds. The van der Waals surface area contributed by atoms with Gasteiger partial charge in [-0.05, 0) is 32.0 Å². The molecule has 0 saturated carbocycles. The Hall–Kier alpha value is -0.380. The molecule has 3 heteroatoms. The van der Waals surface area contributed by atoms with Crippen LogP contribution < -0.4 is 0 Å². The van der Waals surface area contributed by atoms with Crippen molar-refractivity contribution in [3.05, 3.63) is 22.4 Å². The lowest BCUT2D eigenvalue weighted by atomic mass is 10.2. The van der Waals surface area contributed by atoms with Crippen molar-refractivity contribution in [2.45, 2.75) is 26.4 Å². The van der Waals surface area contributed by atoms with Crippen LogP contribution in [0.25, 0.3) is 0 Å². The summed E-state index contributed by atoms with van der Waals surface area (Å²) in [5.74, 6) is 0. The predicted molar refractivity (Wildman–Crippen MR) is 63.8 cm³/mol. The molecule has 1 heterocycles. The summed E-state index contributed by atoms with van der Waals surface area (Å²) in [4.78, 5) is 3.15. The van der Waals surface area contributed by atoms with E-state index >= 15 is 0 Å². The van der Waals surface area contributed by atoms with Gasteiger partial charge in [-0.1, -0.05) is 19.9 Å². The Morgan fingerprint density at radius 1 is 1.43 bits per heavy atom. The van der Waals surface area contributed by atoms with Crippen LogP contribution >= 0.6 is 11.3 Å². The van der Waals surface area contributed by atoms with Crippen LogP contribution in [0.1, 0.15) is 31.2 Å². The highest BCUT2D eigenvalue weighted by atomic mass is 32.1. The summed E-state index contributed by atoms with van der Waals surface area (Å²) < 4.78 is 0. The van der Waals surface area contributed by atoms with E-state index in [4.69, 9.17) is 0 Å². The zero-order chi connectivity index (χ0) is 11.0. The Bertz CT molecular complexity index is 209. The van der Waals surface area contributed by atoms with Crippen LogP contribution in [0.4, 0.5) is 0 Å². The van der Waals surface area contributed by atoms with Crippen molar-refractivity contribution >= 4 is 11.3 Å². The van der Waals surface area contributed by atoms with Gasteiger partial charge in [0.15, 0.2) is 0 Å². The van der Waals surface area contributed by atoms with Gasteiger partial charge < -0.3 is 10.0 Å². The summed E-state index contributed by atoms with van der Waals surface area (Å²) in [7, 11) is 4.03. The fourth-order valence-electron chi connectivity index (χ4n) is 1.00. The number of hydrogen-bond donors (Lipinski definition) is 1. The van der Waals surface area contributed by atoms with Gasteiger partial charge in [0.25, 0.3) is 0 Å². The Kier molecular flexibility index (Phi) is 7.76. The Balaban J connectivity index is 0.000000791. The molecule has 1 aromatic heterocycles. The summed E-state index contributed by atoms with van der Waals surface area (Å²) in [6.07, 6.45) is 0.528. The minimum Gasteiger partial charge on any atom is -0.388 e. The van der Waals surface area contributed by atoms with Crippen molar-refractivity contribution in [1.82, 2.24) is 4.90 Å². The second-order valence-electron chi connectivity index (χ2n) is 3.12. The van der Waals surface area contributed by atoms with Crippen LogP contribution in [0.3, 0.4) is 0 Å². The smallest absolute Gasteiger partial charge is 0.0894 e. The maximum atomic E-state index is 9.64. The fourth-order valence-corrected chi connectivity index (χ4v) is 1.75. The van der Waals surface area contributed by atoms with Crippen molar-refractivity contribution in [1.29, 1.82) is 0 Å². The number of aliphatic hydroxyl groups excluding tert-OH is 1. The monoisotopic (exact) mass is 215 g/mol. The molecule has 0 aliphatic rings. The normalized spacial score (nSPS) is 12.1. The summed E-state index contributed by atoms with van der Waals surface area (Å²) in [5, 5.41) is 11.6. The van der Waals surface area contributed by atoms with Gasteiger partial charge in [-0.25, -0.2) is 0 Å². The molecule has 0 aliphatic heterocycles. The molecule has 2 nitrogen and oxygen atoms in total. The summed E-state index contributed by atoms with van der Waals surface area (Å²) >= 11 is 1.61. The standard InChI is InChI=1S/C9H15NOS.C2H6/c1-10(2)6-5-8(11)9-4-3-7-12-9;1-2/h3-4,7-8,11H,5-6H2,1-2H3;1-2H3. The largest absolute Gasteiger partial charge is 0.388 e. The zero-order valence-corrected chi connectivity index (χ0v) is 10.3. The van der Waals surface area contributed by atoms with Gasteiger partial charge in [0.1, 0.15) is 0 Å². The van der Waals surface area contributed by atoms with Crippen molar-refractivity contribution in [3.8, 4) is 0 Å². The molecule has 1 N–H and O–H groups in total. The van der Waals surface area contributed by atoms with E-state index in [-0.39, 0.29) is 6.10 Å². The van der Waals surface area contributed by atoms with Crippen molar-refractivity contribution < 1.29 is 5.11 Å². The van der Waals surface area contributed by atoms with Crippen LogP contribution in [0.15, 0.2) is 17.5 Å². The topological polar surface area (TPSA) is 23.5 Å². The van der Waals surface area contributed by atoms with E-state index in [0.29, 0.717) is 0 Å². The minimum absolute atomic E-state index is 0.285. The van der Waals surface area contributed by atoms with E-state index in [0.717, 1.165) is 17.8 Å². The van der Waals surface area contributed by atoms with E-state index in [9.17, 15) is 5.11 Å². The predicted octanol–water partition coefficient (Wildman–Crippen LogP) is 2.76. The Morgan fingerprint density at radius 2 is 2.07 bits per heavy atom. The Labute approximate surface area is 91.2 Å². The average Bonchev–Trinajstić information content (AvgIpc) is 2.70. The summed E-state index contributed by atoms with van der Waals surface area (Å²) in [6, 6.07) is 3.95. The van der Waals surface area contributed by atoms with Gasteiger partial charge in [-0.2, -0.15) is 0 Å². The molecule has 82 valence electrons. The molecule has 1 aromatic rings. The molecule has 0 fully saturated rings. The molecular weight excluding hydrogens is 194 g/mol. The molecule has 1 rings (SSSR count). The second-order valence-corrected chi connectivity index (χ2v) is 4.10. The highest BCUT2D eigenvalue weighted by Gasteiger charge is 2.07. The first-order valence-corrected chi connectivity index (χ1v) is 5.94. The van der Waals surface area contributed by atoms with Crippen LogP contribution in [0.5, 0.6) is 0 Å². The quantitative estimate of drug-likeness (QED) is 0.835. The van der Waals surface area contributed by atoms with Gasteiger partial charge in [0, 0.05) is 11.4 Å². The highest BCUT2D eigenvalue weighted by Crippen LogP contribution is 2.21. The lowest BCUT2D eigenvalue weighted by molar-refractivity contribution is 0.158. The second kappa shape index (κ2) is 7.97. The maximum absolute atomic E-state index is 9.64. The zero-order valence-electron chi connectivity index (χ0n) is 9.53. The molecule has 0 spiro atoms. The molecule has 1 unspecified atom stereocenters. The molecule has 0 bridgehead atoms. The van der Waals surface area contributed by atoms with Gasteiger partial charge in [0.05, 0.1) is 6.10 Å². The molecule has 0 saturated heterocycles. The first-order valence-electron chi connectivity index (χ1n) is 5.06. The lowest BCUT2D eigenvalue weighted by Crippen LogP contribution is -2.15. The third kappa shape index (κ3) is 5.37. The molecule has 14 heavy (non-hydrogen) atoms. The van der Waals surface area contributed by atoms with Crippen LogP contribution in [-0.4, -0.2) is 30.6 Å². The van der Waals surface area contributed by atoms with Crippen molar-refractivity contribution in [2.24, 2.45) is 0 Å². The molecule has 0 radical (unpaired) electrons.